The molecule has 0 radical (unpaired) electrons. The van der Waals surface area contributed by atoms with Gasteiger partial charge in [-0.25, -0.2) is 0 Å². The van der Waals surface area contributed by atoms with Gasteiger partial charge in [0, 0.05) is 5.75 Å². The Morgan fingerprint density at radius 2 is 2.20 bits per heavy atom. The first-order valence-electron chi connectivity index (χ1n) is 0.960. The van der Waals surface area contributed by atoms with E-state index in [0.717, 1.165) is 6.29 Å². The summed E-state index contributed by atoms with van der Waals surface area (Å²) in [4.78, 5) is 9.10. The summed E-state index contributed by atoms with van der Waals surface area (Å²) in [6.07, 6.45) is 0.739. The van der Waals surface area contributed by atoms with Crippen LogP contribution in [0, 0.1) is 0 Å². The van der Waals surface area contributed by atoms with Gasteiger partial charge in [0.1, 0.15) is 6.29 Å². The molecule has 26 valence electrons. The Hall–Kier alpha value is 1.02. The minimum atomic E-state index is 0. The van der Waals surface area contributed by atoms with Gasteiger partial charge in [0.05, 0.1) is 0 Å². The molecule has 0 aromatic carbocycles. The minimum absolute atomic E-state index is 0. The third-order valence-corrected chi connectivity index (χ3v) is 0.224. The van der Waals surface area contributed by atoms with Crippen LogP contribution in [0.1, 0.15) is 1.43 Å². The Labute approximate surface area is 60.3 Å². The van der Waals surface area contributed by atoms with Crippen LogP contribution in [0.15, 0.2) is 0 Å². The molecule has 0 aromatic heterocycles. The van der Waals surface area contributed by atoms with Gasteiger partial charge in [-0.05, 0) is 0 Å². The van der Waals surface area contributed by atoms with Gasteiger partial charge in [0.2, 0.25) is 0 Å². The summed E-state index contributed by atoms with van der Waals surface area (Å²) in [5.41, 5.74) is 0. The van der Waals surface area contributed by atoms with E-state index < -0.39 is 0 Å². The van der Waals surface area contributed by atoms with Gasteiger partial charge < -0.3 is 6.22 Å². The van der Waals surface area contributed by atoms with E-state index in [1.165, 1.54) is 0 Å². The molecule has 0 bridgehead atoms. The molecule has 0 rings (SSSR count). The average molecular weight is 100 g/mol. The van der Waals surface area contributed by atoms with Crippen LogP contribution in [-0.4, -0.2) is 12.0 Å². The van der Waals surface area contributed by atoms with E-state index in [0.29, 0.717) is 5.75 Å². The third-order valence-electron chi connectivity index (χ3n) is 0.0745. The molecule has 0 atom stereocenters. The summed E-state index contributed by atoms with van der Waals surface area (Å²) in [6, 6.07) is 0. The second-order valence-electron chi connectivity index (χ2n) is 0.349. The molecule has 0 N–H and O–H groups in total. The monoisotopic (exact) mass is 100.0 g/mol. The number of carbonyl (C=O) groups is 1. The van der Waals surface area contributed by atoms with Crippen LogP contribution < -0.4 is 29.6 Å². The van der Waals surface area contributed by atoms with Gasteiger partial charge in [-0.3, -0.25) is 0 Å². The SMILES string of the molecule is O=CCS.[H-].[Na+]. The van der Waals surface area contributed by atoms with E-state index >= 15 is 0 Å². The van der Waals surface area contributed by atoms with Crippen molar-refractivity contribution in [2.24, 2.45) is 0 Å². The first-order chi connectivity index (χ1) is 1.91. The summed E-state index contributed by atoms with van der Waals surface area (Å²) in [5, 5.41) is 0. The Morgan fingerprint density at radius 1 is 2.00 bits per heavy atom. The molecule has 0 saturated heterocycles. The van der Waals surface area contributed by atoms with E-state index in [4.69, 9.17) is 4.79 Å². The molecule has 0 heterocycles. The van der Waals surface area contributed by atoms with Crippen molar-refractivity contribution in [1.29, 1.82) is 0 Å². The zero-order valence-corrected chi connectivity index (χ0v) is 6.03. The molecule has 0 amide bonds. The summed E-state index contributed by atoms with van der Waals surface area (Å²) < 4.78 is 0. The van der Waals surface area contributed by atoms with E-state index in [2.05, 4.69) is 12.6 Å². The van der Waals surface area contributed by atoms with Gasteiger partial charge in [-0.2, -0.15) is 12.6 Å². The predicted molar refractivity (Wildman–Crippen MR) is 21.0 cm³/mol. The van der Waals surface area contributed by atoms with Crippen molar-refractivity contribution in [3.05, 3.63) is 0 Å². The number of hydrogen-bond donors (Lipinski definition) is 1. The standard InChI is InChI=1S/C2H4OS.Na.H/c3-1-2-4;;/h1,4H,2H2;;/q;+1;-1. The van der Waals surface area contributed by atoms with Crippen LogP contribution in [0.2, 0.25) is 0 Å². The smallest absolute Gasteiger partial charge is 1.00 e. The molecular weight excluding hydrogens is 95.1 g/mol. The molecule has 0 saturated carbocycles. The molecule has 0 aliphatic carbocycles. The van der Waals surface area contributed by atoms with Gasteiger partial charge in [0.15, 0.2) is 0 Å². The third kappa shape index (κ3) is 11.2. The number of hydrogen-bond acceptors (Lipinski definition) is 2. The van der Waals surface area contributed by atoms with Crippen molar-refractivity contribution < 1.29 is 35.8 Å². The molecule has 0 fully saturated rings. The van der Waals surface area contributed by atoms with Crippen molar-refractivity contribution in [2.75, 3.05) is 5.75 Å². The van der Waals surface area contributed by atoms with Gasteiger partial charge in [-0.1, -0.05) is 0 Å². The molecule has 5 heavy (non-hydrogen) atoms. The number of aldehydes is 1. The summed E-state index contributed by atoms with van der Waals surface area (Å²) in [6.45, 7) is 0. The zero-order chi connectivity index (χ0) is 3.41. The van der Waals surface area contributed by atoms with Crippen LogP contribution in [0.4, 0.5) is 0 Å². The van der Waals surface area contributed by atoms with E-state index in [-0.39, 0.29) is 31.0 Å². The fourth-order valence-electron chi connectivity index (χ4n) is 0. The van der Waals surface area contributed by atoms with Crippen molar-refractivity contribution >= 4 is 18.9 Å². The largest absolute Gasteiger partial charge is 1.00 e. The molecule has 0 spiro atoms. The second kappa shape index (κ2) is 8.89. The fourth-order valence-corrected chi connectivity index (χ4v) is 0. The van der Waals surface area contributed by atoms with Crippen LogP contribution in [0.25, 0.3) is 0 Å². The fraction of sp³-hybridized carbons (Fsp3) is 0.500. The van der Waals surface area contributed by atoms with Gasteiger partial charge >= 0.3 is 29.6 Å². The number of thiol groups is 1. The Balaban J connectivity index is -0.0000000450. The summed E-state index contributed by atoms with van der Waals surface area (Å²) >= 11 is 3.55. The van der Waals surface area contributed by atoms with Crippen molar-refractivity contribution in [3.63, 3.8) is 0 Å². The molecule has 1 nitrogen and oxygen atoms in total. The predicted octanol–water partition coefficient (Wildman–Crippen LogP) is -2.77. The number of rotatable bonds is 1. The summed E-state index contributed by atoms with van der Waals surface area (Å²) in [7, 11) is 0. The maximum Gasteiger partial charge on any atom is 1.00 e. The van der Waals surface area contributed by atoms with Crippen LogP contribution >= 0.6 is 12.6 Å². The van der Waals surface area contributed by atoms with Crippen molar-refractivity contribution in [2.45, 2.75) is 0 Å². The second-order valence-corrected chi connectivity index (χ2v) is 0.714. The molecule has 3 heteroatoms. The summed E-state index contributed by atoms with van der Waals surface area (Å²) in [5.74, 6) is 0.333. The molecule has 0 unspecified atom stereocenters. The topological polar surface area (TPSA) is 17.1 Å². The van der Waals surface area contributed by atoms with Crippen LogP contribution in [-0.2, 0) is 4.79 Å². The Kier molecular flexibility index (Phi) is 16.7. The first-order valence-corrected chi connectivity index (χ1v) is 1.59. The molecule has 0 aliphatic heterocycles. The van der Waals surface area contributed by atoms with Gasteiger partial charge in [0.25, 0.3) is 0 Å². The number of carbonyl (C=O) groups excluding carboxylic acids is 1. The minimum Gasteiger partial charge on any atom is -1.00 e. The zero-order valence-electron chi connectivity index (χ0n) is 4.14. The molecular formula is C2H5NaOS. The van der Waals surface area contributed by atoms with Crippen LogP contribution in [0.3, 0.4) is 0 Å². The van der Waals surface area contributed by atoms with E-state index in [1.807, 2.05) is 0 Å². The van der Waals surface area contributed by atoms with Gasteiger partial charge in [-0.15, -0.1) is 0 Å². The van der Waals surface area contributed by atoms with E-state index in [1.54, 1.807) is 0 Å². The van der Waals surface area contributed by atoms with E-state index in [9.17, 15) is 0 Å². The normalized spacial score (nSPS) is 5.00. The molecule has 0 aliphatic rings. The van der Waals surface area contributed by atoms with Crippen LogP contribution in [0.5, 0.6) is 0 Å². The first kappa shape index (κ1) is 9.39. The Morgan fingerprint density at radius 3 is 2.20 bits per heavy atom. The average Bonchev–Trinajstić information content (AvgIpc) is 1.37. The molecule has 0 aromatic rings. The van der Waals surface area contributed by atoms with Crippen molar-refractivity contribution in [1.82, 2.24) is 0 Å². The van der Waals surface area contributed by atoms with Crippen molar-refractivity contribution in [3.8, 4) is 0 Å². The Bertz CT molecular complexity index is 27.5. The quantitative estimate of drug-likeness (QED) is 0.214. The maximum atomic E-state index is 9.10. The maximum absolute atomic E-state index is 9.10.